The van der Waals surface area contributed by atoms with Crippen molar-refractivity contribution in [2.24, 2.45) is 5.84 Å². The lowest BCUT2D eigenvalue weighted by Gasteiger charge is -2.26. The number of sulfonamides is 1. The van der Waals surface area contributed by atoms with Crippen LogP contribution in [0, 0.1) is 20.8 Å². The van der Waals surface area contributed by atoms with Gasteiger partial charge in [0.15, 0.2) is 0 Å². The van der Waals surface area contributed by atoms with Crippen molar-refractivity contribution < 1.29 is 27.5 Å². The minimum atomic E-state index is -4.01. The molecule has 1 heterocycles. The molecule has 3 amide bonds. The molecule has 1 radical (unpaired) electrons. The van der Waals surface area contributed by atoms with E-state index in [0.717, 1.165) is 19.6 Å². The Morgan fingerprint density at radius 1 is 1.08 bits per heavy atom. The van der Waals surface area contributed by atoms with E-state index in [0.29, 0.717) is 48.0 Å². The first-order valence-electron chi connectivity index (χ1n) is 12.0. The molecule has 0 aromatic heterocycles. The number of nitrogens with zero attached hydrogens (tertiary/aromatic N) is 2. The summed E-state index contributed by atoms with van der Waals surface area (Å²) in [5.74, 6) is 3.50. The topological polar surface area (TPSA) is 163 Å². The summed E-state index contributed by atoms with van der Waals surface area (Å²) in [4.78, 5) is 38.3. The molecular formula is C25H33N6O6S. The Labute approximate surface area is 222 Å². The SMILES string of the molecule is [CH2]C(=O)Nc1c(C)ccc(S(=O)(=O)Nc2ccc(N(N)C(=O)C(=O)NCCCN3CCOCC3)cc2)c1C. The number of amides is 3. The third-order valence-corrected chi connectivity index (χ3v) is 7.55. The van der Waals surface area contributed by atoms with Gasteiger partial charge in [-0.25, -0.2) is 19.3 Å². The highest BCUT2D eigenvalue weighted by Crippen LogP contribution is 2.28. The number of hydrogen-bond acceptors (Lipinski definition) is 8. The number of anilines is 3. The van der Waals surface area contributed by atoms with E-state index in [1.165, 1.54) is 30.3 Å². The van der Waals surface area contributed by atoms with Crippen molar-refractivity contribution in [1.29, 1.82) is 0 Å². The smallest absolute Gasteiger partial charge is 0.330 e. The fourth-order valence-electron chi connectivity index (χ4n) is 3.98. The number of carbonyl (C=O) groups is 3. The number of aryl methyl sites for hydroxylation is 1. The maximum Gasteiger partial charge on any atom is 0.330 e. The minimum absolute atomic E-state index is 0.0168. The fraction of sp³-hybridized carbons (Fsp3) is 0.360. The number of nitrogens with one attached hydrogen (secondary N) is 3. The molecule has 0 unspecified atom stereocenters. The van der Waals surface area contributed by atoms with Crippen LogP contribution >= 0.6 is 0 Å². The summed E-state index contributed by atoms with van der Waals surface area (Å²) in [7, 11) is -4.01. The average Bonchev–Trinajstić information content (AvgIpc) is 2.88. The lowest BCUT2D eigenvalue weighted by molar-refractivity contribution is -0.137. The van der Waals surface area contributed by atoms with E-state index in [-0.39, 0.29) is 16.3 Å². The summed E-state index contributed by atoms with van der Waals surface area (Å²) in [5, 5.41) is 5.83. The molecule has 38 heavy (non-hydrogen) atoms. The number of nitrogens with two attached hydrogens (primary N) is 1. The van der Waals surface area contributed by atoms with E-state index < -0.39 is 27.7 Å². The van der Waals surface area contributed by atoms with Crippen molar-refractivity contribution in [3.8, 4) is 0 Å². The largest absolute Gasteiger partial charge is 0.379 e. The molecule has 205 valence electrons. The molecule has 5 N–H and O–H groups in total. The van der Waals surface area contributed by atoms with Gasteiger partial charge >= 0.3 is 11.8 Å². The second-order valence-corrected chi connectivity index (χ2v) is 10.5. The molecule has 2 aromatic carbocycles. The first kappa shape index (κ1) is 29.0. The van der Waals surface area contributed by atoms with Gasteiger partial charge in [-0.1, -0.05) is 6.07 Å². The van der Waals surface area contributed by atoms with E-state index in [4.69, 9.17) is 10.6 Å². The van der Waals surface area contributed by atoms with Crippen molar-refractivity contribution in [2.75, 3.05) is 54.4 Å². The van der Waals surface area contributed by atoms with E-state index in [9.17, 15) is 22.8 Å². The highest BCUT2D eigenvalue weighted by atomic mass is 32.2. The number of benzene rings is 2. The lowest BCUT2D eigenvalue weighted by atomic mass is 10.1. The standard InChI is InChI=1S/C25H33N6O6S/c1-17-5-10-22(18(2)23(17)28-19(3)32)38(35,36)29-20-6-8-21(9-7-20)31(26)25(34)24(33)27-11-4-12-30-13-15-37-16-14-30/h5-10,29H,3-4,11-16,26H2,1-2H3,(H,27,33)(H,28,32). The Morgan fingerprint density at radius 2 is 1.74 bits per heavy atom. The summed E-state index contributed by atoms with van der Waals surface area (Å²) < 4.78 is 33.8. The average molecular weight is 546 g/mol. The molecule has 1 saturated heterocycles. The van der Waals surface area contributed by atoms with Gasteiger partial charge in [-0.05, 0) is 68.3 Å². The van der Waals surface area contributed by atoms with E-state index in [1.807, 2.05) is 0 Å². The molecule has 1 aliphatic rings. The van der Waals surface area contributed by atoms with Crippen molar-refractivity contribution in [2.45, 2.75) is 25.2 Å². The number of ether oxygens (including phenoxy) is 1. The molecule has 12 nitrogen and oxygen atoms in total. The minimum Gasteiger partial charge on any atom is -0.379 e. The van der Waals surface area contributed by atoms with Crippen LogP contribution < -0.4 is 26.2 Å². The molecule has 0 saturated carbocycles. The lowest BCUT2D eigenvalue weighted by Crippen LogP contribution is -2.47. The van der Waals surface area contributed by atoms with Gasteiger partial charge in [0.05, 0.1) is 23.8 Å². The number of hydrazine groups is 1. The van der Waals surface area contributed by atoms with Crippen LogP contribution in [-0.2, 0) is 29.1 Å². The first-order valence-corrected chi connectivity index (χ1v) is 13.5. The quantitative estimate of drug-likeness (QED) is 0.119. The van der Waals surface area contributed by atoms with Crippen LogP contribution in [0.15, 0.2) is 41.3 Å². The van der Waals surface area contributed by atoms with Crippen LogP contribution in [0.4, 0.5) is 17.1 Å². The molecule has 13 heteroatoms. The number of rotatable bonds is 9. The Morgan fingerprint density at radius 3 is 2.37 bits per heavy atom. The second-order valence-electron chi connectivity index (χ2n) is 8.82. The van der Waals surface area contributed by atoms with Gasteiger partial charge in [0, 0.05) is 37.9 Å². The van der Waals surface area contributed by atoms with Gasteiger partial charge < -0.3 is 15.4 Å². The zero-order valence-corrected chi connectivity index (χ0v) is 22.3. The van der Waals surface area contributed by atoms with Crippen LogP contribution in [0.2, 0.25) is 0 Å². The van der Waals surface area contributed by atoms with E-state index in [2.05, 4.69) is 27.2 Å². The van der Waals surface area contributed by atoms with E-state index in [1.54, 1.807) is 19.9 Å². The van der Waals surface area contributed by atoms with Crippen LogP contribution in [0.1, 0.15) is 17.5 Å². The highest BCUT2D eigenvalue weighted by Gasteiger charge is 2.23. The summed E-state index contributed by atoms with van der Waals surface area (Å²) in [6, 6.07) is 8.70. The van der Waals surface area contributed by atoms with Gasteiger partial charge in [0.25, 0.3) is 10.0 Å². The van der Waals surface area contributed by atoms with Crippen LogP contribution in [0.3, 0.4) is 0 Å². The number of morpholine rings is 1. The van der Waals surface area contributed by atoms with Gasteiger partial charge in [-0.2, -0.15) is 0 Å². The van der Waals surface area contributed by atoms with Crippen molar-refractivity contribution in [3.63, 3.8) is 0 Å². The molecule has 3 rings (SSSR count). The Kier molecular flexibility index (Phi) is 9.80. The molecule has 0 aliphatic carbocycles. The molecule has 2 aromatic rings. The maximum atomic E-state index is 13.0. The Balaban J connectivity index is 1.59. The third kappa shape index (κ3) is 7.51. The van der Waals surface area contributed by atoms with Gasteiger partial charge in [0.1, 0.15) is 0 Å². The fourth-order valence-corrected chi connectivity index (χ4v) is 5.29. The van der Waals surface area contributed by atoms with Gasteiger partial charge in [-0.15, -0.1) is 0 Å². The molecule has 0 bridgehead atoms. The summed E-state index contributed by atoms with van der Waals surface area (Å²) in [6.45, 7) is 10.8. The van der Waals surface area contributed by atoms with Crippen LogP contribution in [0.5, 0.6) is 0 Å². The van der Waals surface area contributed by atoms with Crippen LogP contribution in [0.25, 0.3) is 0 Å². The number of carbonyl (C=O) groups excluding carboxylic acids is 3. The monoisotopic (exact) mass is 545 g/mol. The normalized spacial score (nSPS) is 14.0. The number of hydrogen-bond donors (Lipinski definition) is 4. The zero-order valence-electron chi connectivity index (χ0n) is 21.5. The van der Waals surface area contributed by atoms with Crippen molar-refractivity contribution in [3.05, 3.63) is 54.4 Å². The second kappa shape index (κ2) is 12.8. The Bertz CT molecular complexity index is 1280. The molecular weight excluding hydrogens is 512 g/mol. The highest BCUT2D eigenvalue weighted by molar-refractivity contribution is 7.92. The molecule has 0 atom stereocenters. The van der Waals surface area contributed by atoms with Gasteiger partial charge in [-0.3, -0.25) is 24.0 Å². The predicted octanol–water partition coefficient (Wildman–Crippen LogP) is 0.922. The molecule has 1 aliphatic heterocycles. The van der Waals surface area contributed by atoms with Crippen LogP contribution in [-0.4, -0.2) is 70.4 Å². The summed E-state index contributed by atoms with van der Waals surface area (Å²) >= 11 is 0. The molecule has 0 spiro atoms. The van der Waals surface area contributed by atoms with Crippen molar-refractivity contribution >= 4 is 44.8 Å². The molecule has 1 fully saturated rings. The predicted molar refractivity (Wildman–Crippen MR) is 144 cm³/mol. The van der Waals surface area contributed by atoms with E-state index >= 15 is 0 Å². The van der Waals surface area contributed by atoms with Gasteiger partial charge in [0.2, 0.25) is 5.91 Å². The zero-order chi connectivity index (χ0) is 27.9. The third-order valence-electron chi connectivity index (χ3n) is 6.03. The Hall–Kier alpha value is -3.52. The summed E-state index contributed by atoms with van der Waals surface area (Å²) in [5.41, 5.74) is 1.84. The van der Waals surface area contributed by atoms with Crippen molar-refractivity contribution in [1.82, 2.24) is 10.2 Å². The first-order chi connectivity index (χ1) is 18.0. The maximum absolute atomic E-state index is 13.0. The summed E-state index contributed by atoms with van der Waals surface area (Å²) in [6.07, 6.45) is 0.683.